The van der Waals surface area contributed by atoms with Crippen LogP contribution in [0.4, 0.5) is 0 Å². The minimum atomic E-state index is -0.587. The van der Waals surface area contributed by atoms with Crippen LogP contribution in [-0.2, 0) is 6.42 Å². The molecule has 2 nitrogen and oxygen atoms in total. The summed E-state index contributed by atoms with van der Waals surface area (Å²) < 4.78 is 5.30. The monoisotopic (exact) mass is 276 g/mol. The van der Waals surface area contributed by atoms with Gasteiger partial charge in [-0.1, -0.05) is 35.4 Å². The van der Waals surface area contributed by atoms with Crippen molar-refractivity contribution in [1.82, 2.24) is 0 Å². The molecule has 0 spiro atoms. The topological polar surface area (TPSA) is 29.5 Å². The average molecular weight is 277 g/mol. The SMILES string of the molecule is COc1ccc(C)cc1C(O)Cc1ccc(Cl)cc1. The molecule has 100 valence electrons. The number of hydrogen-bond acceptors (Lipinski definition) is 2. The Morgan fingerprint density at radius 2 is 1.84 bits per heavy atom. The van der Waals surface area contributed by atoms with Crippen molar-refractivity contribution in [2.75, 3.05) is 7.11 Å². The molecule has 2 aromatic rings. The van der Waals surface area contributed by atoms with Crippen molar-refractivity contribution >= 4 is 11.6 Å². The predicted molar refractivity (Wildman–Crippen MR) is 77.8 cm³/mol. The van der Waals surface area contributed by atoms with Crippen molar-refractivity contribution in [3.8, 4) is 5.75 Å². The first-order valence-corrected chi connectivity index (χ1v) is 6.55. The molecule has 0 radical (unpaired) electrons. The van der Waals surface area contributed by atoms with Gasteiger partial charge in [-0.3, -0.25) is 0 Å². The van der Waals surface area contributed by atoms with Crippen LogP contribution >= 0.6 is 11.6 Å². The van der Waals surface area contributed by atoms with Crippen molar-refractivity contribution < 1.29 is 9.84 Å². The van der Waals surface area contributed by atoms with Gasteiger partial charge in [0.05, 0.1) is 13.2 Å². The summed E-state index contributed by atoms with van der Waals surface area (Å²) in [5.41, 5.74) is 2.96. The maximum Gasteiger partial charge on any atom is 0.124 e. The van der Waals surface area contributed by atoms with E-state index in [-0.39, 0.29) is 0 Å². The van der Waals surface area contributed by atoms with Gasteiger partial charge < -0.3 is 9.84 Å². The first kappa shape index (κ1) is 13.9. The van der Waals surface area contributed by atoms with E-state index in [1.165, 1.54) is 0 Å². The van der Waals surface area contributed by atoms with Gasteiger partial charge in [0.25, 0.3) is 0 Å². The van der Waals surface area contributed by atoms with Crippen LogP contribution < -0.4 is 4.74 Å². The third-order valence-corrected chi connectivity index (χ3v) is 3.34. The lowest BCUT2D eigenvalue weighted by Crippen LogP contribution is -2.04. The highest BCUT2D eigenvalue weighted by molar-refractivity contribution is 6.30. The molecular weight excluding hydrogens is 260 g/mol. The Labute approximate surface area is 118 Å². The van der Waals surface area contributed by atoms with Crippen LogP contribution in [0.3, 0.4) is 0 Å². The summed E-state index contributed by atoms with van der Waals surface area (Å²) >= 11 is 5.85. The number of hydrogen-bond donors (Lipinski definition) is 1. The highest BCUT2D eigenvalue weighted by Gasteiger charge is 2.14. The molecule has 0 aliphatic carbocycles. The normalized spacial score (nSPS) is 12.2. The molecule has 0 fully saturated rings. The second-order valence-electron chi connectivity index (χ2n) is 4.59. The van der Waals surface area contributed by atoms with Crippen LogP contribution in [0.2, 0.25) is 5.02 Å². The number of aliphatic hydroxyl groups is 1. The lowest BCUT2D eigenvalue weighted by atomic mass is 9.99. The molecule has 2 aromatic carbocycles. The van der Waals surface area contributed by atoms with Gasteiger partial charge >= 0.3 is 0 Å². The van der Waals surface area contributed by atoms with Crippen molar-refractivity contribution in [3.63, 3.8) is 0 Å². The first-order chi connectivity index (χ1) is 9.10. The number of aliphatic hydroxyl groups excluding tert-OH is 1. The second-order valence-corrected chi connectivity index (χ2v) is 5.03. The summed E-state index contributed by atoms with van der Waals surface area (Å²) in [5.74, 6) is 0.715. The minimum absolute atomic E-state index is 0.539. The Bertz CT molecular complexity index is 549. The van der Waals surface area contributed by atoms with Gasteiger partial charge in [0.2, 0.25) is 0 Å². The maximum absolute atomic E-state index is 10.4. The Hall–Kier alpha value is -1.51. The van der Waals surface area contributed by atoms with Gasteiger partial charge in [-0.25, -0.2) is 0 Å². The zero-order valence-corrected chi connectivity index (χ0v) is 11.8. The summed E-state index contributed by atoms with van der Waals surface area (Å²) in [6.07, 6.45) is -0.0483. The molecule has 0 heterocycles. The van der Waals surface area contributed by atoms with Crippen molar-refractivity contribution in [1.29, 1.82) is 0 Å². The van der Waals surface area contributed by atoms with Crippen LogP contribution in [-0.4, -0.2) is 12.2 Å². The number of aryl methyl sites for hydroxylation is 1. The Balaban J connectivity index is 2.21. The van der Waals surface area contributed by atoms with E-state index in [4.69, 9.17) is 16.3 Å². The van der Waals surface area contributed by atoms with Crippen molar-refractivity contribution in [2.24, 2.45) is 0 Å². The molecule has 0 aliphatic heterocycles. The van der Waals surface area contributed by atoms with Gasteiger partial charge in [0.1, 0.15) is 5.75 Å². The molecule has 19 heavy (non-hydrogen) atoms. The van der Waals surface area contributed by atoms with E-state index in [0.717, 1.165) is 16.7 Å². The summed E-state index contributed by atoms with van der Waals surface area (Å²) in [5, 5.41) is 11.1. The molecule has 1 unspecified atom stereocenters. The quantitative estimate of drug-likeness (QED) is 0.917. The molecule has 0 aliphatic rings. The van der Waals surface area contributed by atoms with Gasteiger partial charge in [-0.15, -0.1) is 0 Å². The van der Waals surface area contributed by atoms with Crippen molar-refractivity contribution in [2.45, 2.75) is 19.4 Å². The summed E-state index contributed by atoms with van der Waals surface area (Å²) in [6, 6.07) is 13.3. The molecule has 0 aromatic heterocycles. The Kier molecular flexibility index (Phi) is 4.46. The molecule has 1 N–H and O–H groups in total. The summed E-state index contributed by atoms with van der Waals surface area (Å²) in [6.45, 7) is 2.00. The molecule has 0 amide bonds. The highest BCUT2D eigenvalue weighted by atomic mass is 35.5. The second kappa shape index (κ2) is 6.09. The molecule has 3 heteroatoms. The average Bonchev–Trinajstić information content (AvgIpc) is 2.41. The van der Waals surface area contributed by atoms with Crippen LogP contribution in [0.1, 0.15) is 22.8 Å². The van der Waals surface area contributed by atoms with Gasteiger partial charge in [-0.2, -0.15) is 0 Å². The maximum atomic E-state index is 10.4. The van der Waals surface area contributed by atoms with Gasteiger partial charge in [-0.05, 0) is 36.8 Å². The molecule has 0 bridgehead atoms. The van der Waals surface area contributed by atoms with Crippen LogP contribution in [0, 0.1) is 6.92 Å². The lowest BCUT2D eigenvalue weighted by Gasteiger charge is -2.15. The van der Waals surface area contributed by atoms with E-state index in [0.29, 0.717) is 17.2 Å². The minimum Gasteiger partial charge on any atom is -0.496 e. The number of halogens is 1. The number of ether oxygens (including phenoxy) is 1. The summed E-state index contributed by atoms with van der Waals surface area (Å²) in [7, 11) is 1.61. The van der Waals surface area contributed by atoms with Gasteiger partial charge in [0.15, 0.2) is 0 Å². The van der Waals surface area contributed by atoms with E-state index >= 15 is 0 Å². The predicted octanol–water partition coefficient (Wildman–Crippen LogP) is 3.93. The third kappa shape index (κ3) is 3.49. The Morgan fingerprint density at radius 1 is 1.16 bits per heavy atom. The number of rotatable bonds is 4. The first-order valence-electron chi connectivity index (χ1n) is 6.17. The van der Waals surface area contributed by atoms with E-state index < -0.39 is 6.10 Å². The largest absolute Gasteiger partial charge is 0.496 e. The molecule has 0 saturated heterocycles. The third-order valence-electron chi connectivity index (χ3n) is 3.09. The van der Waals surface area contributed by atoms with Crippen LogP contribution in [0.5, 0.6) is 5.75 Å². The number of methoxy groups -OCH3 is 1. The number of benzene rings is 2. The standard InChI is InChI=1S/C16H17ClO2/c1-11-3-8-16(19-2)14(9-11)15(18)10-12-4-6-13(17)7-5-12/h3-9,15,18H,10H2,1-2H3. The Morgan fingerprint density at radius 3 is 2.47 bits per heavy atom. The van der Waals surface area contributed by atoms with E-state index in [1.54, 1.807) is 7.11 Å². The van der Waals surface area contributed by atoms with Crippen LogP contribution in [0.15, 0.2) is 42.5 Å². The fourth-order valence-corrected chi connectivity index (χ4v) is 2.19. The van der Waals surface area contributed by atoms with Gasteiger partial charge in [0, 0.05) is 17.0 Å². The van der Waals surface area contributed by atoms with E-state index in [1.807, 2.05) is 49.4 Å². The molecule has 2 rings (SSSR count). The van der Waals surface area contributed by atoms with E-state index in [9.17, 15) is 5.11 Å². The fraction of sp³-hybridized carbons (Fsp3) is 0.250. The molecular formula is C16H17ClO2. The van der Waals surface area contributed by atoms with Crippen LogP contribution in [0.25, 0.3) is 0 Å². The fourth-order valence-electron chi connectivity index (χ4n) is 2.07. The molecule has 1 atom stereocenters. The lowest BCUT2D eigenvalue weighted by molar-refractivity contribution is 0.174. The smallest absolute Gasteiger partial charge is 0.124 e. The zero-order chi connectivity index (χ0) is 13.8. The highest BCUT2D eigenvalue weighted by Crippen LogP contribution is 2.28. The van der Waals surface area contributed by atoms with Crippen molar-refractivity contribution in [3.05, 3.63) is 64.2 Å². The van der Waals surface area contributed by atoms with E-state index in [2.05, 4.69) is 0 Å². The summed E-state index contributed by atoms with van der Waals surface area (Å²) in [4.78, 5) is 0. The zero-order valence-electron chi connectivity index (χ0n) is 11.1. The molecule has 0 saturated carbocycles.